The SMILES string of the molecule is CCc1cn(CCCOC)c(N2CC(C)NC(C)C2)n1. The Kier molecular flexibility index (Phi) is 5.43. The topological polar surface area (TPSA) is 42.3 Å². The van der Waals surface area contributed by atoms with Gasteiger partial charge in [0.1, 0.15) is 0 Å². The fourth-order valence-corrected chi connectivity index (χ4v) is 2.92. The van der Waals surface area contributed by atoms with Gasteiger partial charge >= 0.3 is 0 Å². The molecule has 1 aliphatic heterocycles. The number of ether oxygens (including phenoxy) is 1. The van der Waals surface area contributed by atoms with E-state index in [9.17, 15) is 0 Å². The van der Waals surface area contributed by atoms with Gasteiger partial charge < -0.3 is 19.5 Å². The number of hydrogen-bond donors (Lipinski definition) is 1. The molecule has 5 heteroatoms. The van der Waals surface area contributed by atoms with Crippen LogP contribution < -0.4 is 10.2 Å². The number of methoxy groups -OCH3 is 1. The molecule has 114 valence electrons. The summed E-state index contributed by atoms with van der Waals surface area (Å²) in [4.78, 5) is 7.23. The summed E-state index contributed by atoms with van der Waals surface area (Å²) in [6.07, 6.45) is 4.21. The van der Waals surface area contributed by atoms with E-state index in [1.54, 1.807) is 7.11 Å². The van der Waals surface area contributed by atoms with Gasteiger partial charge in [0, 0.05) is 51.6 Å². The molecule has 0 saturated carbocycles. The van der Waals surface area contributed by atoms with Crippen LogP contribution in [0.5, 0.6) is 0 Å². The number of anilines is 1. The first-order valence-electron chi connectivity index (χ1n) is 7.70. The Hall–Kier alpha value is -1.07. The van der Waals surface area contributed by atoms with Crippen molar-refractivity contribution in [3.8, 4) is 0 Å². The molecule has 2 rings (SSSR count). The molecule has 2 atom stereocenters. The molecule has 0 aromatic carbocycles. The Morgan fingerprint density at radius 1 is 1.35 bits per heavy atom. The van der Waals surface area contributed by atoms with Crippen LogP contribution in [-0.2, 0) is 17.7 Å². The van der Waals surface area contributed by atoms with E-state index in [0.717, 1.165) is 45.0 Å². The van der Waals surface area contributed by atoms with Gasteiger partial charge in [0.2, 0.25) is 5.95 Å². The Labute approximate surface area is 122 Å². The summed E-state index contributed by atoms with van der Waals surface area (Å²) in [5.41, 5.74) is 1.18. The van der Waals surface area contributed by atoms with Crippen LogP contribution >= 0.6 is 0 Å². The van der Waals surface area contributed by atoms with Crippen LogP contribution in [0, 0.1) is 0 Å². The van der Waals surface area contributed by atoms with Crippen molar-refractivity contribution in [1.82, 2.24) is 14.9 Å². The summed E-state index contributed by atoms with van der Waals surface area (Å²) >= 11 is 0. The summed E-state index contributed by atoms with van der Waals surface area (Å²) in [5, 5.41) is 3.57. The average molecular weight is 280 g/mol. The molecule has 0 amide bonds. The van der Waals surface area contributed by atoms with E-state index in [-0.39, 0.29) is 0 Å². The average Bonchev–Trinajstić information content (AvgIpc) is 2.81. The molecule has 5 nitrogen and oxygen atoms in total. The Morgan fingerprint density at radius 3 is 2.65 bits per heavy atom. The highest BCUT2D eigenvalue weighted by atomic mass is 16.5. The van der Waals surface area contributed by atoms with Gasteiger partial charge in [-0.05, 0) is 26.7 Å². The maximum atomic E-state index is 5.16. The zero-order valence-corrected chi connectivity index (χ0v) is 13.2. The smallest absolute Gasteiger partial charge is 0.205 e. The van der Waals surface area contributed by atoms with E-state index in [1.165, 1.54) is 5.69 Å². The lowest BCUT2D eigenvalue weighted by molar-refractivity contribution is 0.190. The molecular weight excluding hydrogens is 252 g/mol. The van der Waals surface area contributed by atoms with Gasteiger partial charge in [-0.25, -0.2) is 4.98 Å². The minimum atomic E-state index is 0.507. The molecule has 1 aromatic rings. The highest BCUT2D eigenvalue weighted by molar-refractivity contribution is 5.35. The first kappa shape index (κ1) is 15.3. The van der Waals surface area contributed by atoms with Crippen molar-refractivity contribution in [2.45, 2.75) is 52.2 Å². The van der Waals surface area contributed by atoms with E-state index in [0.29, 0.717) is 12.1 Å². The number of aryl methyl sites for hydroxylation is 2. The quantitative estimate of drug-likeness (QED) is 0.805. The molecule has 1 aromatic heterocycles. The second kappa shape index (κ2) is 7.09. The summed E-state index contributed by atoms with van der Waals surface area (Å²) in [6, 6.07) is 1.01. The second-order valence-electron chi connectivity index (χ2n) is 5.80. The van der Waals surface area contributed by atoms with Crippen LogP contribution in [-0.4, -0.2) is 48.4 Å². The highest BCUT2D eigenvalue weighted by Crippen LogP contribution is 2.19. The van der Waals surface area contributed by atoms with E-state index >= 15 is 0 Å². The maximum Gasteiger partial charge on any atom is 0.205 e. The Morgan fingerprint density at radius 2 is 2.05 bits per heavy atom. The van der Waals surface area contributed by atoms with Gasteiger partial charge in [-0.15, -0.1) is 0 Å². The van der Waals surface area contributed by atoms with Crippen molar-refractivity contribution in [1.29, 1.82) is 0 Å². The summed E-state index contributed by atoms with van der Waals surface area (Å²) < 4.78 is 7.45. The molecule has 2 unspecified atom stereocenters. The number of aromatic nitrogens is 2. The molecule has 0 aliphatic carbocycles. The first-order valence-corrected chi connectivity index (χ1v) is 7.70. The fraction of sp³-hybridized carbons (Fsp3) is 0.800. The van der Waals surface area contributed by atoms with Crippen molar-refractivity contribution in [3.05, 3.63) is 11.9 Å². The number of rotatable bonds is 6. The minimum absolute atomic E-state index is 0.507. The van der Waals surface area contributed by atoms with Crippen LogP contribution in [0.25, 0.3) is 0 Å². The molecule has 1 N–H and O–H groups in total. The lowest BCUT2D eigenvalue weighted by Crippen LogP contribution is -2.55. The molecule has 20 heavy (non-hydrogen) atoms. The van der Waals surface area contributed by atoms with Crippen molar-refractivity contribution >= 4 is 5.95 Å². The van der Waals surface area contributed by atoms with Gasteiger partial charge in [0.15, 0.2) is 0 Å². The van der Waals surface area contributed by atoms with Gasteiger partial charge in [-0.1, -0.05) is 6.92 Å². The normalized spacial score (nSPS) is 23.3. The van der Waals surface area contributed by atoms with Crippen molar-refractivity contribution < 1.29 is 4.74 Å². The lowest BCUT2D eigenvalue weighted by atomic mass is 10.1. The lowest BCUT2D eigenvalue weighted by Gasteiger charge is -2.37. The molecule has 2 heterocycles. The third-order valence-electron chi connectivity index (χ3n) is 3.76. The van der Waals surface area contributed by atoms with Crippen LogP contribution in [0.4, 0.5) is 5.95 Å². The second-order valence-corrected chi connectivity index (χ2v) is 5.80. The van der Waals surface area contributed by atoms with Gasteiger partial charge in [0.25, 0.3) is 0 Å². The van der Waals surface area contributed by atoms with Crippen LogP contribution in [0.2, 0.25) is 0 Å². The van der Waals surface area contributed by atoms with E-state index in [1.807, 2.05) is 0 Å². The van der Waals surface area contributed by atoms with E-state index < -0.39 is 0 Å². The third-order valence-corrected chi connectivity index (χ3v) is 3.76. The number of imidazole rings is 1. The van der Waals surface area contributed by atoms with Crippen molar-refractivity contribution in [3.63, 3.8) is 0 Å². The maximum absolute atomic E-state index is 5.16. The van der Waals surface area contributed by atoms with Crippen molar-refractivity contribution in [2.75, 3.05) is 31.7 Å². The summed E-state index contributed by atoms with van der Waals surface area (Å²) in [7, 11) is 1.76. The monoisotopic (exact) mass is 280 g/mol. The first-order chi connectivity index (χ1) is 9.63. The summed E-state index contributed by atoms with van der Waals surface area (Å²) in [5.74, 6) is 1.12. The molecule has 0 radical (unpaired) electrons. The molecule has 1 fully saturated rings. The molecule has 1 saturated heterocycles. The molecule has 0 bridgehead atoms. The van der Waals surface area contributed by atoms with Crippen molar-refractivity contribution in [2.24, 2.45) is 0 Å². The van der Waals surface area contributed by atoms with E-state index in [2.05, 4.69) is 41.8 Å². The summed E-state index contributed by atoms with van der Waals surface area (Å²) in [6.45, 7) is 10.5. The van der Waals surface area contributed by atoms with Crippen LogP contribution in [0.15, 0.2) is 6.20 Å². The third kappa shape index (κ3) is 3.73. The number of nitrogens with zero attached hydrogens (tertiary/aromatic N) is 3. The standard InChI is InChI=1S/C15H28N4O/c1-5-14-11-18(7-6-8-20-4)15(17-14)19-9-12(2)16-13(3)10-19/h11-13,16H,5-10H2,1-4H3. The van der Waals surface area contributed by atoms with Crippen LogP contribution in [0.3, 0.4) is 0 Å². The molecule has 1 aliphatic rings. The predicted molar refractivity (Wildman–Crippen MR) is 82.4 cm³/mol. The van der Waals surface area contributed by atoms with Gasteiger partial charge in [0.05, 0.1) is 5.69 Å². The molecule has 0 spiro atoms. The fourth-order valence-electron chi connectivity index (χ4n) is 2.92. The van der Waals surface area contributed by atoms with Gasteiger partial charge in [-0.3, -0.25) is 0 Å². The predicted octanol–water partition coefficient (Wildman–Crippen LogP) is 1.67. The minimum Gasteiger partial charge on any atom is -0.385 e. The molecular formula is C15H28N4O. The van der Waals surface area contributed by atoms with Gasteiger partial charge in [-0.2, -0.15) is 0 Å². The number of hydrogen-bond acceptors (Lipinski definition) is 4. The zero-order valence-electron chi connectivity index (χ0n) is 13.2. The number of piperazine rings is 1. The Bertz CT molecular complexity index is 408. The van der Waals surface area contributed by atoms with E-state index in [4.69, 9.17) is 9.72 Å². The largest absolute Gasteiger partial charge is 0.385 e. The number of nitrogens with one attached hydrogen (secondary N) is 1. The highest BCUT2D eigenvalue weighted by Gasteiger charge is 2.24. The van der Waals surface area contributed by atoms with Crippen LogP contribution in [0.1, 0.15) is 32.9 Å². The zero-order chi connectivity index (χ0) is 14.5. The Balaban J connectivity index is 2.13.